The van der Waals surface area contributed by atoms with Crippen molar-refractivity contribution < 1.29 is 9.50 Å². The lowest BCUT2D eigenvalue weighted by Crippen LogP contribution is -2.20. The van der Waals surface area contributed by atoms with Gasteiger partial charge in [0.15, 0.2) is 0 Å². The molecule has 0 saturated carbocycles. The Labute approximate surface area is 138 Å². The molecule has 1 aromatic heterocycles. The van der Waals surface area contributed by atoms with Crippen LogP contribution in [0.15, 0.2) is 60.8 Å². The summed E-state index contributed by atoms with van der Waals surface area (Å²) in [5.41, 5.74) is 1.85. The van der Waals surface area contributed by atoms with Crippen molar-refractivity contribution in [2.75, 3.05) is 6.54 Å². The van der Waals surface area contributed by atoms with E-state index in [2.05, 4.69) is 22.4 Å². The zero-order chi connectivity index (χ0) is 16.1. The average Bonchev–Trinajstić information content (AvgIpc) is 3.05. The largest absolute Gasteiger partial charge is 0.387 e. The molecule has 0 aliphatic heterocycles. The van der Waals surface area contributed by atoms with Gasteiger partial charge in [0.2, 0.25) is 0 Å². The maximum atomic E-state index is 12.9. The summed E-state index contributed by atoms with van der Waals surface area (Å²) in [5, 5.41) is 14.2. The van der Waals surface area contributed by atoms with E-state index in [1.54, 1.807) is 23.5 Å². The number of rotatable bonds is 6. The van der Waals surface area contributed by atoms with Gasteiger partial charge in [0.1, 0.15) is 10.8 Å². The molecule has 1 unspecified atom stereocenters. The Bertz CT molecular complexity index is 743. The number of thiazole rings is 1. The maximum absolute atomic E-state index is 12.9. The van der Waals surface area contributed by atoms with E-state index in [1.807, 2.05) is 24.4 Å². The van der Waals surface area contributed by atoms with Crippen molar-refractivity contribution in [2.45, 2.75) is 12.6 Å². The molecule has 0 amide bonds. The molecule has 3 nitrogen and oxygen atoms in total. The smallest absolute Gasteiger partial charge is 0.123 e. The van der Waals surface area contributed by atoms with E-state index >= 15 is 0 Å². The van der Waals surface area contributed by atoms with Crippen LogP contribution in [-0.4, -0.2) is 16.6 Å². The topological polar surface area (TPSA) is 45.1 Å². The summed E-state index contributed by atoms with van der Waals surface area (Å²) >= 11 is 1.63. The number of aliphatic hydroxyl groups excluding tert-OH is 1. The fourth-order valence-corrected chi connectivity index (χ4v) is 3.14. The molecule has 118 valence electrons. The van der Waals surface area contributed by atoms with Crippen molar-refractivity contribution in [1.29, 1.82) is 0 Å². The molecule has 3 rings (SSSR count). The standard InChI is InChI=1S/C18H17FN2OS/c19-15-8-6-13(7-9-15)16(22)10-20-12-18-21-11-17(23-18)14-4-2-1-3-5-14/h1-9,11,16,20,22H,10,12H2. The Balaban J connectivity index is 1.53. The highest BCUT2D eigenvalue weighted by Gasteiger charge is 2.08. The maximum Gasteiger partial charge on any atom is 0.123 e. The molecular weight excluding hydrogens is 311 g/mol. The zero-order valence-electron chi connectivity index (χ0n) is 12.4. The highest BCUT2D eigenvalue weighted by molar-refractivity contribution is 7.15. The molecule has 0 fully saturated rings. The predicted octanol–water partition coefficient (Wildman–Crippen LogP) is 3.77. The minimum atomic E-state index is -0.663. The molecule has 2 aromatic carbocycles. The van der Waals surface area contributed by atoms with E-state index in [4.69, 9.17) is 0 Å². The quantitative estimate of drug-likeness (QED) is 0.724. The number of benzene rings is 2. The molecule has 0 aliphatic carbocycles. The van der Waals surface area contributed by atoms with Crippen LogP contribution in [0.25, 0.3) is 10.4 Å². The summed E-state index contributed by atoms with van der Waals surface area (Å²) in [6, 6.07) is 16.0. The number of nitrogens with zero attached hydrogens (tertiary/aromatic N) is 1. The first-order valence-electron chi connectivity index (χ1n) is 7.37. The molecule has 0 spiro atoms. The van der Waals surface area contributed by atoms with Crippen LogP contribution in [-0.2, 0) is 6.54 Å². The molecule has 3 aromatic rings. The Morgan fingerprint density at radius 2 is 1.83 bits per heavy atom. The van der Waals surface area contributed by atoms with Crippen LogP contribution in [0.2, 0.25) is 0 Å². The SMILES string of the molecule is OC(CNCc1ncc(-c2ccccc2)s1)c1ccc(F)cc1. The lowest BCUT2D eigenvalue weighted by molar-refractivity contribution is 0.174. The fourth-order valence-electron chi connectivity index (χ4n) is 2.25. The summed E-state index contributed by atoms with van der Waals surface area (Å²) in [4.78, 5) is 5.52. The number of nitrogens with one attached hydrogen (secondary N) is 1. The fraction of sp³-hybridized carbons (Fsp3) is 0.167. The van der Waals surface area contributed by atoms with Crippen molar-refractivity contribution in [3.63, 3.8) is 0 Å². The minimum absolute atomic E-state index is 0.301. The highest BCUT2D eigenvalue weighted by Crippen LogP contribution is 2.25. The lowest BCUT2D eigenvalue weighted by Gasteiger charge is -2.11. The van der Waals surface area contributed by atoms with Crippen LogP contribution in [0.4, 0.5) is 4.39 Å². The third-order valence-electron chi connectivity index (χ3n) is 3.48. The average molecular weight is 328 g/mol. The van der Waals surface area contributed by atoms with Gasteiger partial charge >= 0.3 is 0 Å². The van der Waals surface area contributed by atoms with E-state index < -0.39 is 6.10 Å². The first-order chi connectivity index (χ1) is 11.2. The third-order valence-corrected chi connectivity index (χ3v) is 4.53. The number of halogens is 1. The monoisotopic (exact) mass is 328 g/mol. The Kier molecular flexibility index (Phi) is 5.12. The number of aromatic nitrogens is 1. The van der Waals surface area contributed by atoms with Crippen LogP contribution in [0, 0.1) is 5.82 Å². The Morgan fingerprint density at radius 1 is 1.09 bits per heavy atom. The van der Waals surface area contributed by atoms with E-state index in [0.29, 0.717) is 18.7 Å². The second-order valence-corrected chi connectivity index (χ2v) is 6.30. The van der Waals surface area contributed by atoms with Crippen LogP contribution >= 0.6 is 11.3 Å². The summed E-state index contributed by atoms with van der Waals surface area (Å²) in [6.45, 7) is 0.988. The van der Waals surface area contributed by atoms with Crippen molar-refractivity contribution in [3.05, 3.63) is 77.2 Å². The van der Waals surface area contributed by atoms with Gasteiger partial charge in [-0.2, -0.15) is 0 Å². The van der Waals surface area contributed by atoms with Crippen LogP contribution in [0.5, 0.6) is 0 Å². The molecule has 1 heterocycles. The van der Waals surface area contributed by atoms with Gasteiger partial charge in [0.05, 0.1) is 11.0 Å². The van der Waals surface area contributed by atoms with Crippen molar-refractivity contribution in [3.8, 4) is 10.4 Å². The molecule has 2 N–H and O–H groups in total. The summed E-state index contributed by atoms with van der Waals surface area (Å²) < 4.78 is 12.9. The lowest BCUT2D eigenvalue weighted by atomic mass is 10.1. The van der Waals surface area contributed by atoms with Crippen LogP contribution < -0.4 is 5.32 Å². The van der Waals surface area contributed by atoms with Crippen molar-refractivity contribution in [2.24, 2.45) is 0 Å². The van der Waals surface area contributed by atoms with Gasteiger partial charge in [0.25, 0.3) is 0 Å². The van der Waals surface area contributed by atoms with E-state index in [-0.39, 0.29) is 5.82 Å². The van der Waals surface area contributed by atoms with Gasteiger partial charge in [-0.25, -0.2) is 9.37 Å². The second-order valence-electron chi connectivity index (χ2n) is 5.18. The van der Waals surface area contributed by atoms with Gasteiger partial charge in [0, 0.05) is 19.3 Å². The summed E-state index contributed by atoms with van der Waals surface area (Å²) in [5.74, 6) is -0.301. The van der Waals surface area contributed by atoms with Crippen LogP contribution in [0.3, 0.4) is 0 Å². The molecule has 5 heteroatoms. The highest BCUT2D eigenvalue weighted by atomic mass is 32.1. The number of aliphatic hydroxyl groups is 1. The first-order valence-corrected chi connectivity index (χ1v) is 8.18. The van der Waals surface area contributed by atoms with Gasteiger partial charge in [-0.05, 0) is 23.3 Å². The van der Waals surface area contributed by atoms with Crippen LogP contribution in [0.1, 0.15) is 16.7 Å². The van der Waals surface area contributed by atoms with E-state index in [1.165, 1.54) is 12.1 Å². The second kappa shape index (κ2) is 7.46. The van der Waals surface area contributed by atoms with Gasteiger partial charge in [-0.15, -0.1) is 11.3 Å². The zero-order valence-corrected chi connectivity index (χ0v) is 13.3. The van der Waals surface area contributed by atoms with Crippen molar-refractivity contribution >= 4 is 11.3 Å². The Morgan fingerprint density at radius 3 is 2.57 bits per heavy atom. The normalized spacial score (nSPS) is 12.3. The molecule has 0 aliphatic rings. The van der Waals surface area contributed by atoms with E-state index in [0.717, 1.165) is 15.4 Å². The third kappa shape index (κ3) is 4.22. The van der Waals surface area contributed by atoms with Crippen molar-refractivity contribution in [1.82, 2.24) is 10.3 Å². The molecule has 1 atom stereocenters. The predicted molar refractivity (Wildman–Crippen MR) is 90.6 cm³/mol. The Hall–Kier alpha value is -2.08. The molecule has 0 bridgehead atoms. The summed E-state index contributed by atoms with van der Waals surface area (Å²) in [6.07, 6.45) is 1.21. The summed E-state index contributed by atoms with van der Waals surface area (Å²) in [7, 11) is 0. The number of hydrogen-bond acceptors (Lipinski definition) is 4. The molecule has 0 saturated heterocycles. The minimum Gasteiger partial charge on any atom is -0.387 e. The molecule has 23 heavy (non-hydrogen) atoms. The van der Waals surface area contributed by atoms with E-state index in [9.17, 15) is 9.50 Å². The van der Waals surface area contributed by atoms with Gasteiger partial charge in [-0.1, -0.05) is 42.5 Å². The first kappa shape index (κ1) is 15.8. The molecular formula is C18H17FN2OS. The number of hydrogen-bond donors (Lipinski definition) is 2. The van der Waals surface area contributed by atoms with Gasteiger partial charge < -0.3 is 10.4 Å². The molecule has 0 radical (unpaired) electrons. The van der Waals surface area contributed by atoms with Gasteiger partial charge in [-0.3, -0.25) is 0 Å².